The topological polar surface area (TPSA) is 15.6 Å². The van der Waals surface area contributed by atoms with E-state index in [1.807, 2.05) is 27.9 Å². The summed E-state index contributed by atoms with van der Waals surface area (Å²) in [4.78, 5) is 6.10. The molecule has 0 radical (unpaired) electrons. The summed E-state index contributed by atoms with van der Waals surface area (Å²) in [6, 6.07) is 3.98. The molecule has 1 aromatic carbocycles. The van der Waals surface area contributed by atoms with Crippen molar-refractivity contribution in [3.05, 3.63) is 28.2 Å². The van der Waals surface area contributed by atoms with Gasteiger partial charge in [-0.25, -0.2) is 4.99 Å². The van der Waals surface area contributed by atoms with Crippen molar-refractivity contribution in [3.8, 4) is 0 Å². The number of amidine groups is 1. The Morgan fingerprint density at radius 3 is 2.26 bits per heavy atom. The van der Waals surface area contributed by atoms with Gasteiger partial charge in [0.15, 0.2) is 0 Å². The number of hydrogen-bond acceptors (Lipinski definition) is 1. The molecule has 0 spiro atoms. The van der Waals surface area contributed by atoms with Crippen LogP contribution in [0.25, 0.3) is 0 Å². The molecule has 19 heavy (non-hydrogen) atoms. The van der Waals surface area contributed by atoms with Gasteiger partial charge in [0, 0.05) is 24.5 Å². The van der Waals surface area contributed by atoms with Gasteiger partial charge >= 0.3 is 6.18 Å². The largest absolute Gasteiger partial charge is 0.417 e. The van der Waals surface area contributed by atoms with E-state index in [-0.39, 0.29) is 10.4 Å². The number of halogens is 4. The molecule has 0 fully saturated rings. The van der Waals surface area contributed by atoms with Crippen LogP contribution in [0.5, 0.6) is 0 Å². The number of aliphatic imine (C=N–C) groups is 1. The number of benzene rings is 1. The summed E-state index contributed by atoms with van der Waals surface area (Å²) in [5, 5.41) is 0. The fourth-order valence-electron chi connectivity index (χ4n) is 1.68. The first kappa shape index (κ1) is 16.0. The zero-order valence-corrected chi connectivity index (χ0v) is 12.8. The van der Waals surface area contributed by atoms with Gasteiger partial charge in [0.2, 0.25) is 0 Å². The van der Waals surface area contributed by atoms with Gasteiger partial charge in [-0.05, 0) is 18.2 Å². The molecule has 0 saturated carbocycles. The maximum atomic E-state index is 12.8. The molecule has 2 nitrogen and oxygen atoms in total. The minimum absolute atomic E-state index is 0.0231. The first-order chi connectivity index (χ1) is 8.62. The van der Waals surface area contributed by atoms with E-state index in [2.05, 4.69) is 20.9 Å². The molecule has 1 aromatic rings. The Balaban J connectivity index is 3.26. The summed E-state index contributed by atoms with van der Waals surface area (Å²) in [7, 11) is 3.64. The summed E-state index contributed by atoms with van der Waals surface area (Å²) in [5.41, 5.74) is -0.413. The molecule has 0 atom stereocenters. The van der Waals surface area contributed by atoms with E-state index >= 15 is 0 Å². The number of hydrogen-bond donors (Lipinski definition) is 0. The van der Waals surface area contributed by atoms with E-state index in [0.717, 1.165) is 11.9 Å². The van der Waals surface area contributed by atoms with Gasteiger partial charge in [0.05, 0.1) is 11.3 Å². The van der Waals surface area contributed by atoms with Crippen LogP contribution in [0.15, 0.2) is 27.7 Å². The molecule has 0 unspecified atom stereocenters. The van der Waals surface area contributed by atoms with E-state index in [1.165, 1.54) is 6.07 Å². The highest BCUT2D eigenvalue weighted by Gasteiger charge is 2.33. The number of rotatable bonds is 2. The van der Waals surface area contributed by atoms with Crippen LogP contribution < -0.4 is 0 Å². The molecular weight excluding hydrogens is 321 g/mol. The third-order valence-electron chi connectivity index (χ3n) is 2.47. The molecule has 106 valence electrons. The van der Waals surface area contributed by atoms with Gasteiger partial charge in [0.1, 0.15) is 5.84 Å². The Bertz CT molecular complexity index is 469. The van der Waals surface area contributed by atoms with E-state index in [0.29, 0.717) is 5.69 Å². The number of alkyl halides is 3. The average molecular weight is 337 g/mol. The standard InChI is InChI=1S/C13H16BrF3N2/c1-8(2)12(19(3)4)18-9-5-6-11(14)10(7-9)13(15,16)17/h5-8H,1-4H3. The molecular formula is C13H16BrF3N2. The smallest absolute Gasteiger partial charge is 0.366 e. The minimum atomic E-state index is -4.39. The van der Waals surface area contributed by atoms with Crippen LogP contribution in [0.3, 0.4) is 0 Å². The Morgan fingerprint density at radius 1 is 1.26 bits per heavy atom. The van der Waals surface area contributed by atoms with Crippen LogP contribution in [0.2, 0.25) is 0 Å². The molecule has 0 bridgehead atoms. The third kappa shape index (κ3) is 4.23. The molecule has 0 aliphatic carbocycles. The van der Waals surface area contributed by atoms with E-state index in [9.17, 15) is 13.2 Å². The zero-order chi connectivity index (χ0) is 14.8. The quantitative estimate of drug-likeness (QED) is 0.563. The molecule has 6 heteroatoms. The minimum Gasteiger partial charge on any atom is -0.366 e. The van der Waals surface area contributed by atoms with Crippen LogP contribution in [0, 0.1) is 5.92 Å². The fraction of sp³-hybridized carbons (Fsp3) is 0.462. The van der Waals surface area contributed by atoms with Crippen molar-refractivity contribution in [3.63, 3.8) is 0 Å². The maximum absolute atomic E-state index is 12.8. The Hall–Kier alpha value is -1.04. The molecule has 0 saturated heterocycles. The second-order valence-corrected chi connectivity index (χ2v) is 5.54. The average Bonchev–Trinajstić information content (AvgIpc) is 2.25. The van der Waals surface area contributed by atoms with E-state index in [1.54, 1.807) is 11.0 Å². The molecule has 0 aliphatic heterocycles. The summed E-state index contributed by atoms with van der Waals surface area (Å²) in [6.07, 6.45) is -4.39. The first-order valence-corrected chi connectivity index (χ1v) is 6.55. The number of nitrogens with zero attached hydrogens (tertiary/aromatic N) is 2. The van der Waals surface area contributed by atoms with Gasteiger partial charge in [-0.2, -0.15) is 13.2 Å². The summed E-state index contributed by atoms with van der Waals surface area (Å²) >= 11 is 2.91. The highest BCUT2D eigenvalue weighted by Crippen LogP contribution is 2.37. The van der Waals surface area contributed by atoms with Crippen molar-refractivity contribution in [2.75, 3.05) is 14.1 Å². The highest BCUT2D eigenvalue weighted by molar-refractivity contribution is 9.10. The predicted octanol–water partition coefficient (Wildman–Crippen LogP) is 4.72. The van der Waals surface area contributed by atoms with Gasteiger partial charge in [-0.1, -0.05) is 29.8 Å². The fourth-order valence-corrected chi connectivity index (χ4v) is 2.15. The lowest BCUT2D eigenvalue weighted by molar-refractivity contribution is -0.138. The van der Waals surface area contributed by atoms with Crippen LogP contribution in [-0.4, -0.2) is 24.8 Å². The van der Waals surface area contributed by atoms with E-state index < -0.39 is 11.7 Å². The van der Waals surface area contributed by atoms with Gasteiger partial charge in [0.25, 0.3) is 0 Å². The lowest BCUT2D eigenvalue weighted by atomic mass is 10.1. The van der Waals surface area contributed by atoms with Crippen LogP contribution in [-0.2, 0) is 6.18 Å². The molecule has 1 rings (SSSR count). The normalized spacial score (nSPS) is 13.0. The van der Waals surface area contributed by atoms with Crippen LogP contribution in [0.1, 0.15) is 19.4 Å². The maximum Gasteiger partial charge on any atom is 0.417 e. The van der Waals surface area contributed by atoms with Gasteiger partial charge in [-0.3, -0.25) is 0 Å². The Labute approximate surface area is 119 Å². The van der Waals surface area contributed by atoms with Gasteiger partial charge < -0.3 is 4.90 Å². The molecule has 0 heterocycles. The van der Waals surface area contributed by atoms with Crippen molar-refractivity contribution < 1.29 is 13.2 Å². The summed E-state index contributed by atoms with van der Waals surface area (Å²) < 4.78 is 38.4. The Kier molecular flexibility index (Phi) is 5.01. The molecule has 0 aromatic heterocycles. The highest BCUT2D eigenvalue weighted by atomic mass is 79.9. The molecule has 0 aliphatic rings. The molecule has 0 amide bonds. The van der Waals surface area contributed by atoms with Crippen molar-refractivity contribution in [1.82, 2.24) is 4.90 Å². The van der Waals surface area contributed by atoms with E-state index in [4.69, 9.17) is 0 Å². The zero-order valence-electron chi connectivity index (χ0n) is 11.2. The second-order valence-electron chi connectivity index (χ2n) is 4.68. The summed E-state index contributed by atoms with van der Waals surface area (Å²) in [5.74, 6) is 0.864. The van der Waals surface area contributed by atoms with Crippen molar-refractivity contribution in [2.45, 2.75) is 20.0 Å². The monoisotopic (exact) mass is 336 g/mol. The van der Waals surface area contributed by atoms with Gasteiger partial charge in [-0.15, -0.1) is 0 Å². The first-order valence-electron chi connectivity index (χ1n) is 5.75. The Morgan fingerprint density at radius 2 is 1.84 bits per heavy atom. The second kappa shape index (κ2) is 5.94. The lowest BCUT2D eigenvalue weighted by Crippen LogP contribution is -2.26. The molecule has 0 N–H and O–H groups in total. The summed E-state index contributed by atoms with van der Waals surface area (Å²) in [6.45, 7) is 3.89. The SMILES string of the molecule is CC(C)C(=Nc1ccc(Br)c(C(F)(F)F)c1)N(C)C. The van der Waals surface area contributed by atoms with Crippen molar-refractivity contribution in [1.29, 1.82) is 0 Å². The van der Waals surface area contributed by atoms with Crippen LogP contribution >= 0.6 is 15.9 Å². The van der Waals surface area contributed by atoms with Crippen molar-refractivity contribution in [2.24, 2.45) is 10.9 Å². The predicted molar refractivity (Wildman–Crippen MR) is 74.8 cm³/mol. The van der Waals surface area contributed by atoms with Crippen LogP contribution in [0.4, 0.5) is 18.9 Å². The third-order valence-corrected chi connectivity index (χ3v) is 3.17. The van der Waals surface area contributed by atoms with Crippen molar-refractivity contribution >= 4 is 27.5 Å². The lowest BCUT2D eigenvalue weighted by Gasteiger charge is -2.19.